The first-order valence-corrected chi connectivity index (χ1v) is 7.03. The number of hydrogen-bond acceptors (Lipinski definition) is 6. The quantitative estimate of drug-likeness (QED) is 0.668. The summed E-state index contributed by atoms with van der Waals surface area (Å²) in [5.74, 6) is 1.13. The van der Waals surface area contributed by atoms with Crippen LogP contribution in [0.4, 0.5) is 0 Å². The molecule has 2 aromatic heterocycles. The van der Waals surface area contributed by atoms with Crippen LogP contribution in [0.15, 0.2) is 20.5 Å². The molecule has 0 radical (unpaired) electrons. The van der Waals surface area contributed by atoms with Gasteiger partial charge >= 0.3 is 0 Å². The minimum atomic E-state index is -0.130. The van der Waals surface area contributed by atoms with Crippen LogP contribution in [0.25, 0.3) is 0 Å². The van der Waals surface area contributed by atoms with E-state index in [2.05, 4.69) is 27.0 Å². The molecule has 7 heteroatoms. The monoisotopic (exact) mass is 280 g/mol. The fourth-order valence-corrected chi connectivity index (χ4v) is 2.48. The van der Waals surface area contributed by atoms with Crippen molar-refractivity contribution >= 4 is 11.8 Å². The number of rotatable bonds is 5. The van der Waals surface area contributed by atoms with E-state index in [0.29, 0.717) is 16.9 Å². The lowest BCUT2D eigenvalue weighted by Gasteiger charge is -2.06. The van der Waals surface area contributed by atoms with Gasteiger partial charge in [0.15, 0.2) is 11.0 Å². The third-order valence-electron chi connectivity index (χ3n) is 2.46. The number of aryl methyl sites for hydroxylation is 2. The lowest BCUT2D eigenvalue weighted by molar-refractivity contribution is 0.376. The summed E-state index contributed by atoms with van der Waals surface area (Å²) in [4.78, 5) is 22.9. The number of nitrogens with one attached hydrogen (secondary N) is 1. The maximum atomic E-state index is 11.5. The van der Waals surface area contributed by atoms with Crippen molar-refractivity contribution in [3.63, 3.8) is 0 Å². The van der Waals surface area contributed by atoms with Crippen LogP contribution in [-0.4, -0.2) is 20.1 Å². The summed E-state index contributed by atoms with van der Waals surface area (Å²) >= 11 is 1.40. The molecular weight excluding hydrogens is 264 g/mol. The Kier molecular flexibility index (Phi) is 4.36. The van der Waals surface area contributed by atoms with Crippen molar-refractivity contribution in [3.8, 4) is 0 Å². The molecule has 0 saturated heterocycles. The van der Waals surface area contributed by atoms with Crippen molar-refractivity contribution in [2.24, 2.45) is 0 Å². The summed E-state index contributed by atoms with van der Waals surface area (Å²) in [5, 5.41) is 4.28. The van der Waals surface area contributed by atoms with E-state index in [1.807, 2.05) is 6.92 Å². The Bertz CT molecular complexity index is 608. The van der Waals surface area contributed by atoms with E-state index < -0.39 is 0 Å². The van der Waals surface area contributed by atoms with Gasteiger partial charge in [0.05, 0.1) is 5.25 Å². The molecule has 0 spiro atoms. The molecule has 0 fully saturated rings. The van der Waals surface area contributed by atoms with E-state index in [9.17, 15) is 4.79 Å². The second-order valence-corrected chi connectivity index (χ2v) is 5.56. The molecule has 2 aromatic rings. The van der Waals surface area contributed by atoms with E-state index in [4.69, 9.17) is 4.52 Å². The van der Waals surface area contributed by atoms with E-state index in [1.165, 1.54) is 17.8 Å². The van der Waals surface area contributed by atoms with Crippen molar-refractivity contribution in [1.29, 1.82) is 0 Å². The highest BCUT2D eigenvalue weighted by molar-refractivity contribution is 7.99. The predicted molar refractivity (Wildman–Crippen MR) is 72.2 cm³/mol. The van der Waals surface area contributed by atoms with Gasteiger partial charge in [-0.25, -0.2) is 4.98 Å². The van der Waals surface area contributed by atoms with Gasteiger partial charge in [0.25, 0.3) is 5.56 Å². The van der Waals surface area contributed by atoms with Crippen LogP contribution >= 0.6 is 11.8 Å². The van der Waals surface area contributed by atoms with Crippen LogP contribution < -0.4 is 5.56 Å². The van der Waals surface area contributed by atoms with Gasteiger partial charge in [0.2, 0.25) is 5.89 Å². The van der Waals surface area contributed by atoms with Crippen LogP contribution in [-0.2, 0) is 6.42 Å². The zero-order valence-electron chi connectivity index (χ0n) is 11.1. The Morgan fingerprint density at radius 1 is 1.47 bits per heavy atom. The minimum absolute atomic E-state index is 0.0544. The maximum absolute atomic E-state index is 11.5. The number of nitrogens with zero attached hydrogens (tertiary/aromatic N) is 3. The number of aromatic amines is 1. The number of H-pyrrole nitrogens is 1. The normalized spacial score (nSPS) is 12.6. The van der Waals surface area contributed by atoms with Gasteiger partial charge in [-0.15, -0.1) is 0 Å². The van der Waals surface area contributed by atoms with Crippen molar-refractivity contribution in [3.05, 3.63) is 33.8 Å². The van der Waals surface area contributed by atoms with Crippen molar-refractivity contribution in [1.82, 2.24) is 20.1 Å². The van der Waals surface area contributed by atoms with Crippen LogP contribution in [0.5, 0.6) is 0 Å². The third kappa shape index (κ3) is 3.66. The zero-order valence-corrected chi connectivity index (χ0v) is 12.0. The SMILES string of the molecule is CCCc1cc(=O)[nH]c(SC(C)c2nc(C)no2)n1. The molecular formula is C12H16N4O2S. The molecule has 0 saturated carbocycles. The molecule has 0 aliphatic heterocycles. The van der Waals surface area contributed by atoms with E-state index in [1.54, 1.807) is 6.92 Å². The Labute approximate surface area is 115 Å². The van der Waals surface area contributed by atoms with Gasteiger partial charge < -0.3 is 9.51 Å². The fourth-order valence-electron chi connectivity index (χ4n) is 1.62. The van der Waals surface area contributed by atoms with E-state index in [-0.39, 0.29) is 10.8 Å². The second kappa shape index (κ2) is 6.01. The molecule has 1 N–H and O–H groups in total. The van der Waals surface area contributed by atoms with Gasteiger partial charge in [-0.2, -0.15) is 4.98 Å². The highest BCUT2D eigenvalue weighted by Gasteiger charge is 2.16. The van der Waals surface area contributed by atoms with Crippen molar-refractivity contribution < 1.29 is 4.52 Å². The highest BCUT2D eigenvalue weighted by atomic mass is 32.2. The second-order valence-electron chi connectivity index (χ2n) is 4.23. The first-order chi connectivity index (χ1) is 9.08. The van der Waals surface area contributed by atoms with Crippen LogP contribution in [0.1, 0.15) is 42.9 Å². The summed E-state index contributed by atoms with van der Waals surface area (Å²) < 4.78 is 5.10. The topological polar surface area (TPSA) is 84.7 Å². The Hall–Kier alpha value is -1.63. The highest BCUT2D eigenvalue weighted by Crippen LogP contribution is 2.31. The number of hydrogen-bond donors (Lipinski definition) is 1. The summed E-state index contributed by atoms with van der Waals surface area (Å²) in [6, 6.07) is 1.54. The Morgan fingerprint density at radius 2 is 2.26 bits per heavy atom. The van der Waals surface area contributed by atoms with Crippen molar-refractivity contribution in [2.75, 3.05) is 0 Å². The average molecular weight is 280 g/mol. The number of thioether (sulfide) groups is 1. The molecule has 2 heterocycles. The molecule has 1 unspecified atom stereocenters. The van der Waals surface area contributed by atoms with E-state index >= 15 is 0 Å². The molecule has 6 nitrogen and oxygen atoms in total. The van der Waals surface area contributed by atoms with Crippen LogP contribution in [0.2, 0.25) is 0 Å². The largest absolute Gasteiger partial charge is 0.338 e. The summed E-state index contributed by atoms with van der Waals surface area (Å²) in [5.41, 5.74) is 0.678. The molecule has 0 aliphatic carbocycles. The summed E-state index contributed by atoms with van der Waals surface area (Å²) in [7, 11) is 0. The fraction of sp³-hybridized carbons (Fsp3) is 0.500. The standard InChI is InChI=1S/C12H16N4O2S/c1-4-5-9-6-10(17)15-12(14-9)19-7(2)11-13-8(3)16-18-11/h6-7H,4-5H2,1-3H3,(H,14,15,17). The van der Waals surface area contributed by atoms with Crippen LogP contribution in [0.3, 0.4) is 0 Å². The maximum Gasteiger partial charge on any atom is 0.251 e. The number of aromatic nitrogens is 4. The van der Waals surface area contributed by atoms with Gasteiger partial charge in [-0.3, -0.25) is 4.79 Å². The Balaban J connectivity index is 2.16. The molecule has 1 atom stereocenters. The predicted octanol–water partition coefficient (Wildman–Crippen LogP) is 2.27. The first kappa shape index (κ1) is 13.8. The molecule has 0 aliphatic rings. The molecule has 0 amide bonds. The molecule has 0 aromatic carbocycles. The van der Waals surface area contributed by atoms with Gasteiger partial charge in [-0.05, 0) is 20.3 Å². The zero-order chi connectivity index (χ0) is 13.8. The van der Waals surface area contributed by atoms with Gasteiger partial charge in [-0.1, -0.05) is 30.3 Å². The molecule has 102 valence electrons. The lowest BCUT2D eigenvalue weighted by atomic mass is 10.2. The summed E-state index contributed by atoms with van der Waals surface area (Å²) in [6.45, 7) is 5.76. The molecule has 19 heavy (non-hydrogen) atoms. The average Bonchev–Trinajstić information content (AvgIpc) is 2.75. The Morgan fingerprint density at radius 3 is 2.89 bits per heavy atom. The summed E-state index contributed by atoms with van der Waals surface area (Å²) in [6.07, 6.45) is 1.75. The van der Waals surface area contributed by atoms with E-state index in [0.717, 1.165) is 18.5 Å². The first-order valence-electron chi connectivity index (χ1n) is 6.15. The smallest absolute Gasteiger partial charge is 0.251 e. The molecule has 0 bridgehead atoms. The van der Waals surface area contributed by atoms with Crippen molar-refractivity contribution in [2.45, 2.75) is 44.0 Å². The minimum Gasteiger partial charge on any atom is -0.338 e. The van der Waals surface area contributed by atoms with Gasteiger partial charge in [0, 0.05) is 11.8 Å². The lowest BCUT2D eigenvalue weighted by Crippen LogP contribution is -2.10. The third-order valence-corrected chi connectivity index (χ3v) is 3.43. The molecule has 2 rings (SSSR count). The van der Waals surface area contributed by atoms with Crippen LogP contribution in [0, 0.1) is 6.92 Å². The van der Waals surface area contributed by atoms with Gasteiger partial charge in [0.1, 0.15) is 0 Å².